The molecule has 0 amide bonds. The second-order valence-corrected chi connectivity index (χ2v) is 5.00. The number of hydrogen-bond acceptors (Lipinski definition) is 3. The maximum absolute atomic E-state index is 5.76. The summed E-state index contributed by atoms with van der Waals surface area (Å²) in [7, 11) is 0. The Morgan fingerprint density at radius 2 is 2.18 bits per heavy atom. The number of aryl methyl sites for hydroxylation is 2. The molecule has 0 aliphatic heterocycles. The van der Waals surface area contributed by atoms with Crippen LogP contribution < -0.4 is 11.1 Å². The quantitative estimate of drug-likeness (QED) is 0.790. The van der Waals surface area contributed by atoms with Crippen molar-refractivity contribution < 1.29 is 0 Å². The van der Waals surface area contributed by atoms with Gasteiger partial charge in [-0.25, -0.2) is 4.98 Å². The Kier molecular flexibility index (Phi) is 4.87. The van der Waals surface area contributed by atoms with E-state index in [2.05, 4.69) is 24.1 Å². The third-order valence-electron chi connectivity index (χ3n) is 2.91. The van der Waals surface area contributed by atoms with Gasteiger partial charge in [0.15, 0.2) is 0 Å². The van der Waals surface area contributed by atoms with Crippen LogP contribution in [0.3, 0.4) is 0 Å². The first kappa shape index (κ1) is 13.9. The Morgan fingerprint density at radius 3 is 2.71 bits per heavy atom. The Bertz CT molecular complexity index is 415. The molecule has 4 heteroatoms. The van der Waals surface area contributed by atoms with Crippen LogP contribution in [0.5, 0.6) is 0 Å². The maximum atomic E-state index is 5.76. The van der Waals surface area contributed by atoms with Gasteiger partial charge in [0, 0.05) is 12.2 Å². The zero-order valence-corrected chi connectivity index (χ0v) is 11.8. The minimum absolute atomic E-state index is 0.404. The number of thiocarbonyl (C=S) groups is 1. The summed E-state index contributed by atoms with van der Waals surface area (Å²) in [5, 5.41) is 3.35. The molecule has 0 aliphatic carbocycles. The number of nitrogens with one attached hydrogen (secondary N) is 1. The molecule has 1 aromatic rings. The largest absolute Gasteiger partial charge is 0.389 e. The number of rotatable bonds is 5. The van der Waals surface area contributed by atoms with Gasteiger partial charge in [0.1, 0.15) is 10.8 Å². The minimum atomic E-state index is 0.404. The summed E-state index contributed by atoms with van der Waals surface area (Å²) in [4.78, 5) is 4.89. The van der Waals surface area contributed by atoms with E-state index in [9.17, 15) is 0 Å². The molecule has 1 aromatic heterocycles. The zero-order chi connectivity index (χ0) is 13.0. The summed E-state index contributed by atoms with van der Waals surface area (Å²) < 4.78 is 0. The number of pyridine rings is 1. The summed E-state index contributed by atoms with van der Waals surface area (Å²) in [6.45, 7) is 9.26. The first-order chi connectivity index (χ1) is 7.95. The van der Waals surface area contributed by atoms with Crippen LogP contribution in [0.15, 0.2) is 6.07 Å². The molecular weight excluding hydrogens is 230 g/mol. The predicted octanol–water partition coefficient (Wildman–Crippen LogP) is 2.79. The van der Waals surface area contributed by atoms with E-state index in [1.807, 2.05) is 19.9 Å². The van der Waals surface area contributed by atoms with Crippen LogP contribution in [-0.2, 0) is 0 Å². The third kappa shape index (κ3) is 3.66. The molecule has 1 heterocycles. The van der Waals surface area contributed by atoms with Crippen LogP contribution in [0.25, 0.3) is 0 Å². The van der Waals surface area contributed by atoms with Gasteiger partial charge in [-0.2, -0.15) is 0 Å². The van der Waals surface area contributed by atoms with Crippen LogP contribution in [0.2, 0.25) is 0 Å². The number of anilines is 1. The zero-order valence-electron chi connectivity index (χ0n) is 11.0. The lowest BCUT2D eigenvalue weighted by atomic mass is 10.1. The summed E-state index contributed by atoms with van der Waals surface area (Å²) >= 11 is 5.09. The summed E-state index contributed by atoms with van der Waals surface area (Å²) in [6.07, 6.45) is 1.14. The molecule has 0 saturated carbocycles. The average Bonchev–Trinajstić information content (AvgIpc) is 2.24. The molecule has 3 nitrogen and oxygen atoms in total. The Labute approximate surface area is 109 Å². The van der Waals surface area contributed by atoms with Gasteiger partial charge in [-0.1, -0.05) is 32.5 Å². The van der Waals surface area contributed by atoms with Gasteiger partial charge in [-0.05, 0) is 31.4 Å². The number of aromatic nitrogens is 1. The smallest absolute Gasteiger partial charge is 0.136 e. The SMILES string of the molecule is CCC(C)CNc1nc(C)cc(C)c1C(N)=S. The summed E-state index contributed by atoms with van der Waals surface area (Å²) in [5.41, 5.74) is 8.69. The van der Waals surface area contributed by atoms with Gasteiger partial charge in [0.25, 0.3) is 0 Å². The van der Waals surface area contributed by atoms with Crippen molar-refractivity contribution in [2.45, 2.75) is 34.1 Å². The van der Waals surface area contributed by atoms with E-state index in [4.69, 9.17) is 18.0 Å². The average molecular weight is 251 g/mol. The van der Waals surface area contributed by atoms with E-state index in [-0.39, 0.29) is 0 Å². The van der Waals surface area contributed by atoms with Gasteiger partial charge in [0.2, 0.25) is 0 Å². The van der Waals surface area contributed by atoms with Crippen molar-refractivity contribution in [3.63, 3.8) is 0 Å². The monoisotopic (exact) mass is 251 g/mol. The summed E-state index contributed by atoms with van der Waals surface area (Å²) in [6, 6.07) is 2.00. The van der Waals surface area contributed by atoms with E-state index in [0.717, 1.165) is 35.6 Å². The molecule has 0 fully saturated rings. The molecule has 94 valence electrons. The Morgan fingerprint density at radius 1 is 1.53 bits per heavy atom. The van der Waals surface area contributed by atoms with E-state index in [0.29, 0.717) is 10.9 Å². The van der Waals surface area contributed by atoms with Gasteiger partial charge < -0.3 is 11.1 Å². The Balaban J connectivity index is 3.00. The van der Waals surface area contributed by atoms with Crippen molar-refractivity contribution in [1.29, 1.82) is 0 Å². The van der Waals surface area contributed by atoms with Gasteiger partial charge >= 0.3 is 0 Å². The van der Waals surface area contributed by atoms with Crippen LogP contribution in [0.1, 0.15) is 37.1 Å². The van der Waals surface area contributed by atoms with Crippen LogP contribution in [0, 0.1) is 19.8 Å². The third-order valence-corrected chi connectivity index (χ3v) is 3.11. The van der Waals surface area contributed by atoms with Crippen LogP contribution in [-0.4, -0.2) is 16.5 Å². The fraction of sp³-hybridized carbons (Fsp3) is 0.538. The lowest BCUT2D eigenvalue weighted by Gasteiger charge is -2.16. The lowest BCUT2D eigenvalue weighted by molar-refractivity contribution is 0.592. The van der Waals surface area contributed by atoms with Crippen LogP contribution in [0.4, 0.5) is 5.82 Å². The molecule has 0 radical (unpaired) electrons. The van der Waals surface area contributed by atoms with Crippen molar-refractivity contribution in [2.75, 3.05) is 11.9 Å². The normalized spacial score (nSPS) is 12.2. The highest BCUT2D eigenvalue weighted by Gasteiger charge is 2.11. The highest BCUT2D eigenvalue weighted by Crippen LogP contribution is 2.19. The molecule has 0 aromatic carbocycles. The molecule has 1 unspecified atom stereocenters. The van der Waals surface area contributed by atoms with Gasteiger partial charge in [-0.15, -0.1) is 0 Å². The molecular formula is C13H21N3S. The molecule has 0 spiro atoms. The second kappa shape index (κ2) is 5.96. The highest BCUT2D eigenvalue weighted by atomic mass is 32.1. The van der Waals surface area contributed by atoms with Crippen LogP contribution >= 0.6 is 12.2 Å². The second-order valence-electron chi connectivity index (χ2n) is 4.56. The van der Waals surface area contributed by atoms with Crippen molar-refractivity contribution in [3.05, 3.63) is 22.9 Å². The fourth-order valence-corrected chi connectivity index (χ4v) is 1.95. The summed E-state index contributed by atoms with van der Waals surface area (Å²) in [5.74, 6) is 1.42. The Hall–Kier alpha value is -1.16. The molecule has 3 N–H and O–H groups in total. The van der Waals surface area contributed by atoms with Gasteiger partial charge in [-0.3, -0.25) is 0 Å². The number of nitrogens with two attached hydrogens (primary N) is 1. The van der Waals surface area contributed by atoms with E-state index < -0.39 is 0 Å². The minimum Gasteiger partial charge on any atom is -0.389 e. The lowest BCUT2D eigenvalue weighted by Crippen LogP contribution is -2.19. The van der Waals surface area contributed by atoms with E-state index >= 15 is 0 Å². The fourth-order valence-electron chi connectivity index (χ4n) is 1.69. The first-order valence-electron chi connectivity index (χ1n) is 5.97. The molecule has 0 aliphatic rings. The maximum Gasteiger partial charge on any atom is 0.136 e. The molecule has 0 bridgehead atoms. The van der Waals surface area contributed by atoms with E-state index in [1.165, 1.54) is 0 Å². The molecule has 1 rings (SSSR count). The predicted molar refractivity (Wildman–Crippen MR) is 77.5 cm³/mol. The highest BCUT2D eigenvalue weighted by molar-refractivity contribution is 7.80. The standard InChI is InChI=1S/C13H21N3S/c1-5-8(2)7-15-13-11(12(14)17)9(3)6-10(4)16-13/h6,8H,5,7H2,1-4H3,(H2,14,17)(H,15,16). The van der Waals surface area contributed by atoms with Crippen molar-refractivity contribution in [3.8, 4) is 0 Å². The van der Waals surface area contributed by atoms with Crippen molar-refractivity contribution >= 4 is 23.0 Å². The van der Waals surface area contributed by atoms with Gasteiger partial charge in [0.05, 0.1) is 5.56 Å². The number of nitrogens with zero attached hydrogens (tertiary/aromatic N) is 1. The molecule has 17 heavy (non-hydrogen) atoms. The van der Waals surface area contributed by atoms with Crippen molar-refractivity contribution in [2.24, 2.45) is 11.7 Å². The first-order valence-corrected chi connectivity index (χ1v) is 6.38. The molecule has 1 atom stereocenters. The molecule has 0 saturated heterocycles. The van der Waals surface area contributed by atoms with E-state index in [1.54, 1.807) is 0 Å². The van der Waals surface area contributed by atoms with Crippen molar-refractivity contribution in [1.82, 2.24) is 4.98 Å². The number of hydrogen-bond donors (Lipinski definition) is 2. The topological polar surface area (TPSA) is 50.9 Å².